The first kappa shape index (κ1) is 23.5. The van der Waals surface area contributed by atoms with E-state index in [1.165, 1.54) is 60.3 Å². The third kappa shape index (κ3) is 3.80. The average Bonchev–Trinajstić information content (AvgIpc) is 3.34. The number of aryl methyl sites for hydroxylation is 1. The van der Waals surface area contributed by atoms with Crippen LogP contribution in [0.5, 0.6) is 0 Å². The molecule has 0 atom stereocenters. The van der Waals surface area contributed by atoms with Crippen LogP contribution < -0.4 is 4.90 Å². The second kappa shape index (κ2) is 9.39. The SMILES string of the molecule is Cc1ccc2c(c1)c1cc(N(c3ccccc3)c3cccc4ccccc34)ccc1n2-c1cccc2ccccc12. The molecule has 2 heteroatoms. The average molecular weight is 525 g/mol. The van der Waals surface area contributed by atoms with Crippen molar-refractivity contribution in [2.24, 2.45) is 0 Å². The van der Waals surface area contributed by atoms with Gasteiger partial charge in [-0.1, -0.05) is 103 Å². The third-order valence-corrected chi connectivity index (χ3v) is 8.19. The Kier molecular flexibility index (Phi) is 5.39. The summed E-state index contributed by atoms with van der Waals surface area (Å²) in [6.45, 7) is 2.18. The van der Waals surface area contributed by atoms with Crippen LogP contribution in [0.15, 0.2) is 152 Å². The zero-order chi connectivity index (χ0) is 27.3. The largest absolute Gasteiger partial charge is 0.310 e. The molecule has 7 aromatic carbocycles. The van der Waals surface area contributed by atoms with Crippen LogP contribution in [-0.4, -0.2) is 4.57 Å². The molecule has 0 radical (unpaired) electrons. The number of nitrogens with zero attached hydrogens (tertiary/aromatic N) is 2. The lowest BCUT2D eigenvalue weighted by Crippen LogP contribution is -2.10. The summed E-state index contributed by atoms with van der Waals surface area (Å²) in [5.41, 5.74) is 8.33. The van der Waals surface area contributed by atoms with Crippen molar-refractivity contribution < 1.29 is 0 Å². The van der Waals surface area contributed by atoms with Gasteiger partial charge in [-0.25, -0.2) is 0 Å². The lowest BCUT2D eigenvalue weighted by atomic mass is 10.1. The summed E-state index contributed by atoms with van der Waals surface area (Å²) in [4.78, 5) is 2.39. The lowest BCUT2D eigenvalue weighted by Gasteiger charge is -2.27. The number of para-hydroxylation sites is 1. The van der Waals surface area contributed by atoms with Crippen molar-refractivity contribution in [3.63, 3.8) is 0 Å². The normalized spacial score (nSPS) is 11.5. The molecule has 0 unspecified atom stereocenters. The minimum absolute atomic E-state index is 1.14. The van der Waals surface area contributed by atoms with Gasteiger partial charge in [-0.15, -0.1) is 0 Å². The molecule has 0 fully saturated rings. The first-order chi connectivity index (χ1) is 20.3. The van der Waals surface area contributed by atoms with E-state index in [1.54, 1.807) is 0 Å². The minimum Gasteiger partial charge on any atom is -0.310 e. The van der Waals surface area contributed by atoms with E-state index in [9.17, 15) is 0 Å². The maximum absolute atomic E-state index is 2.43. The molecule has 0 N–H and O–H groups in total. The van der Waals surface area contributed by atoms with Gasteiger partial charge >= 0.3 is 0 Å². The molecule has 0 aliphatic heterocycles. The molecule has 0 amide bonds. The van der Waals surface area contributed by atoms with Gasteiger partial charge in [0.05, 0.1) is 22.4 Å². The maximum atomic E-state index is 2.43. The number of aromatic nitrogens is 1. The van der Waals surface area contributed by atoms with E-state index >= 15 is 0 Å². The van der Waals surface area contributed by atoms with Gasteiger partial charge in [0.2, 0.25) is 0 Å². The van der Waals surface area contributed by atoms with Gasteiger partial charge in [-0.3, -0.25) is 0 Å². The van der Waals surface area contributed by atoms with Crippen molar-refractivity contribution in [1.82, 2.24) is 4.57 Å². The summed E-state index contributed by atoms with van der Waals surface area (Å²) in [6, 6.07) is 54.9. The molecule has 0 aliphatic carbocycles. The highest BCUT2D eigenvalue weighted by Gasteiger charge is 2.19. The van der Waals surface area contributed by atoms with Crippen LogP contribution in [0, 0.1) is 6.92 Å². The molecule has 2 nitrogen and oxygen atoms in total. The Hall–Kier alpha value is -5.34. The van der Waals surface area contributed by atoms with Crippen molar-refractivity contribution >= 4 is 60.4 Å². The van der Waals surface area contributed by atoms with Crippen molar-refractivity contribution in [3.05, 3.63) is 157 Å². The van der Waals surface area contributed by atoms with Gasteiger partial charge < -0.3 is 9.47 Å². The van der Waals surface area contributed by atoms with Gasteiger partial charge in [0.25, 0.3) is 0 Å². The Bertz CT molecular complexity index is 2210. The molecule has 0 aliphatic rings. The molecule has 0 bridgehead atoms. The summed E-state index contributed by atoms with van der Waals surface area (Å²) in [5.74, 6) is 0. The van der Waals surface area contributed by atoms with E-state index in [4.69, 9.17) is 0 Å². The zero-order valence-electron chi connectivity index (χ0n) is 22.8. The summed E-state index contributed by atoms with van der Waals surface area (Å²) in [7, 11) is 0. The molecule has 41 heavy (non-hydrogen) atoms. The number of rotatable bonds is 4. The van der Waals surface area contributed by atoms with Gasteiger partial charge in [0, 0.05) is 32.9 Å². The second-order valence-electron chi connectivity index (χ2n) is 10.7. The Labute approximate surface area is 239 Å². The van der Waals surface area contributed by atoms with E-state index in [2.05, 4.69) is 168 Å². The maximum Gasteiger partial charge on any atom is 0.0542 e. The zero-order valence-corrected chi connectivity index (χ0v) is 22.8. The predicted octanol–water partition coefficient (Wildman–Crippen LogP) is 10.9. The van der Waals surface area contributed by atoms with Crippen LogP contribution in [-0.2, 0) is 0 Å². The standard InChI is InChI=1S/C39H28N2/c1-27-21-23-38-34(25-27)35-26-31(22-24-39(35)41(38)37-20-10-14-29-12-6-8-18-33(29)37)40(30-15-3-2-4-16-30)36-19-9-13-28-11-5-7-17-32(28)36/h2-26H,1H3. The predicted molar refractivity (Wildman–Crippen MR) is 175 cm³/mol. The molecule has 8 rings (SSSR count). The fraction of sp³-hybridized carbons (Fsp3) is 0.0256. The second-order valence-corrected chi connectivity index (χ2v) is 10.7. The van der Waals surface area contributed by atoms with Crippen LogP contribution in [0.3, 0.4) is 0 Å². The number of anilines is 3. The lowest BCUT2D eigenvalue weighted by molar-refractivity contribution is 1.19. The van der Waals surface area contributed by atoms with Gasteiger partial charge in [0.1, 0.15) is 0 Å². The number of benzene rings is 7. The molecule has 194 valence electrons. The van der Waals surface area contributed by atoms with Gasteiger partial charge in [0.15, 0.2) is 0 Å². The van der Waals surface area contributed by atoms with Crippen molar-refractivity contribution in [3.8, 4) is 5.69 Å². The molecule has 0 saturated carbocycles. The van der Waals surface area contributed by atoms with Crippen LogP contribution in [0.4, 0.5) is 17.1 Å². The fourth-order valence-corrected chi connectivity index (χ4v) is 6.33. The molecule has 8 aromatic rings. The molecule has 1 heterocycles. The summed E-state index contributed by atoms with van der Waals surface area (Å²) < 4.78 is 2.43. The third-order valence-electron chi connectivity index (χ3n) is 8.19. The van der Waals surface area contributed by atoms with E-state index in [0.717, 1.165) is 11.4 Å². The Morgan fingerprint density at radius 3 is 1.85 bits per heavy atom. The van der Waals surface area contributed by atoms with Gasteiger partial charge in [-0.2, -0.15) is 0 Å². The Balaban J connectivity index is 1.43. The summed E-state index contributed by atoms with van der Waals surface area (Å²) in [6.07, 6.45) is 0. The smallest absolute Gasteiger partial charge is 0.0542 e. The van der Waals surface area contributed by atoms with Crippen molar-refractivity contribution in [2.45, 2.75) is 6.92 Å². The van der Waals surface area contributed by atoms with Crippen LogP contribution in [0.25, 0.3) is 49.0 Å². The number of hydrogen-bond acceptors (Lipinski definition) is 1. The van der Waals surface area contributed by atoms with E-state index in [1.807, 2.05) is 0 Å². The van der Waals surface area contributed by atoms with Crippen molar-refractivity contribution in [2.75, 3.05) is 4.90 Å². The molecular formula is C39H28N2. The minimum atomic E-state index is 1.14. The molecule has 0 saturated heterocycles. The van der Waals surface area contributed by atoms with E-state index in [-0.39, 0.29) is 0 Å². The van der Waals surface area contributed by atoms with Crippen LogP contribution in [0.2, 0.25) is 0 Å². The molecule has 0 spiro atoms. The highest BCUT2D eigenvalue weighted by atomic mass is 15.1. The van der Waals surface area contributed by atoms with E-state index in [0.29, 0.717) is 0 Å². The first-order valence-corrected chi connectivity index (χ1v) is 14.1. The Morgan fingerprint density at radius 2 is 1.05 bits per heavy atom. The Morgan fingerprint density at radius 1 is 0.439 bits per heavy atom. The summed E-state index contributed by atoms with van der Waals surface area (Å²) in [5, 5.41) is 7.47. The highest BCUT2D eigenvalue weighted by Crippen LogP contribution is 2.42. The van der Waals surface area contributed by atoms with Crippen molar-refractivity contribution in [1.29, 1.82) is 0 Å². The van der Waals surface area contributed by atoms with Gasteiger partial charge in [-0.05, 0) is 72.3 Å². The number of fused-ring (bicyclic) bond motifs is 5. The highest BCUT2D eigenvalue weighted by molar-refractivity contribution is 6.12. The monoisotopic (exact) mass is 524 g/mol. The van der Waals surface area contributed by atoms with E-state index < -0.39 is 0 Å². The summed E-state index contributed by atoms with van der Waals surface area (Å²) >= 11 is 0. The fourth-order valence-electron chi connectivity index (χ4n) is 6.33. The topological polar surface area (TPSA) is 8.17 Å². The van der Waals surface area contributed by atoms with Crippen LogP contribution in [0.1, 0.15) is 5.56 Å². The quantitative estimate of drug-likeness (QED) is 0.222. The number of hydrogen-bond donors (Lipinski definition) is 0. The first-order valence-electron chi connectivity index (χ1n) is 14.1. The molecular weight excluding hydrogens is 496 g/mol. The van der Waals surface area contributed by atoms with Crippen LogP contribution >= 0.6 is 0 Å². The molecule has 1 aromatic heterocycles.